The summed E-state index contributed by atoms with van der Waals surface area (Å²) in [5, 5.41) is 13.9. The van der Waals surface area contributed by atoms with E-state index in [0.29, 0.717) is 34.2 Å². The lowest BCUT2D eigenvalue weighted by Gasteiger charge is -2.10. The summed E-state index contributed by atoms with van der Waals surface area (Å²) in [6.07, 6.45) is 1.59. The summed E-state index contributed by atoms with van der Waals surface area (Å²) in [6, 6.07) is 17.2. The van der Waals surface area contributed by atoms with Crippen LogP contribution in [0.4, 0.5) is 0 Å². The molecule has 1 N–H and O–H groups in total. The molecular weight excluding hydrogens is 434 g/mol. The molecule has 4 rings (SSSR count). The van der Waals surface area contributed by atoms with Crippen LogP contribution < -0.4 is 4.74 Å². The molecule has 5 nitrogen and oxygen atoms in total. The number of methoxy groups -OCH3 is 1. The number of benzene rings is 2. The number of hydrogen-bond acceptors (Lipinski definition) is 6. The van der Waals surface area contributed by atoms with Gasteiger partial charge in [0.05, 0.1) is 28.6 Å². The molecule has 1 aromatic heterocycles. The van der Waals surface area contributed by atoms with Crippen molar-refractivity contribution in [2.75, 3.05) is 7.11 Å². The van der Waals surface area contributed by atoms with Crippen molar-refractivity contribution < 1.29 is 19.5 Å². The van der Waals surface area contributed by atoms with E-state index < -0.39 is 0 Å². The number of thiophene rings is 1. The van der Waals surface area contributed by atoms with Gasteiger partial charge in [0.25, 0.3) is 0 Å². The molecule has 0 amide bonds. The molecule has 1 unspecified atom stereocenters. The maximum atomic E-state index is 12.3. The van der Waals surface area contributed by atoms with E-state index >= 15 is 0 Å². The molecule has 160 valence electrons. The lowest BCUT2D eigenvalue weighted by molar-refractivity contribution is 0.0720. The molecule has 7 heteroatoms. The molecule has 3 aromatic rings. The quantitative estimate of drug-likeness (QED) is 0.441. The second-order valence-electron chi connectivity index (χ2n) is 7.29. The fourth-order valence-electron chi connectivity index (χ4n) is 3.58. The van der Waals surface area contributed by atoms with Crippen molar-refractivity contribution in [1.82, 2.24) is 0 Å². The van der Waals surface area contributed by atoms with Crippen LogP contribution in [0.25, 0.3) is 11.1 Å². The van der Waals surface area contributed by atoms with Crippen LogP contribution in [0.5, 0.6) is 5.75 Å². The standard InChI is InChI=1S/C24H22ClNO4S/c1-29-18-6-8-20(17(12-18)14-27)15-2-4-16(5-3-15)21-13-19(30-26-21)7-9-22(28)23-10-11-24(25)31-23/h2-6,8,10-12,19,27H,7,9,13-14H2,1H3. The number of carbonyl (C=O) groups is 1. The molecule has 0 radical (unpaired) electrons. The molecule has 0 saturated heterocycles. The summed E-state index contributed by atoms with van der Waals surface area (Å²) < 4.78 is 5.86. The van der Waals surface area contributed by atoms with Gasteiger partial charge in [0.1, 0.15) is 11.9 Å². The van der Waals surface area contributed by atoms with Crippen molar-refractivity contribution in [2.24, 2.45) is 5.16 Å². The van der Waals surface area contributed by atoms with Crippen molar-refractivity contribution in [3.8, 4) is 16.9 Å². The van der Waals surface area contributed by atoms with Gasteiger partial charge in [0.2, 0.25) is 0 Å². The van der Waals surface area contributed by atoms with Gasteiger partial charge in [-0.2, -0.15) is 0 Å². The average molecular weight is 456 g/mol. The number of nitrogens with zero attached hydrogens (tertiary/aromatic N) is 1. The summed E-state index contributed by atoms with van der Waals surface area (Å²) in [7, 11) is 1.61. The molecule has 1 aliphatic rings. The number of rotatable bonds is 8. The third-order valence-corrected chi connectivity index (χ3v) is 6.56. The molecule has 31 heavy (non-hydrogen) atoms. The zero-order valence-corrected chi connectivity index (χ0v) is 18.6. The zero-order valence-electron chi connectivity index (χ0n) is 17.0. The van der Waals surface area contributed by atoms with Crippen LogP contribution in [0, 0.1) is 0 Å². The zero-order chi connectivity index (χ0) is 21.8. The molecule has 2 aromatic carbocycles. The van der Waals surface area contributed by atoms with E-state index in [4.69, 9.17) is 21.2 Å². The highest BCUT2D eigenvalue weighted by Crippen LogP contribution is 2.29. The van der Waals surface area contributed by atoms with Gasteiger partial charge in [-0.3, -0.25) is 4.79 Å². The fourth-order valence-corrected chi connectivity index (χ4v) is 4.60. The molecule has 0 bridgehead atoms. The van der Waals surface area contributed by atoms with Gasteiger partial charge < -0.3 is 14.7 Å². The maximum Gasteiger partial charge on any atom is 0.172 e. The molecule has 2 heterocycles. The minimum absolute atomic E-state index is 0.0626. The number of oxime groups is 1. The van der Waals surface area contributed by atoms with E-state index in [2.05, 4.69) is 5.16 Å². The maximum absolute atomic E-state index is 12.3. The Labute approximate surface area is 189 Å². The molecule has 0 saturated carbocycles. The first kappa shape index (κ1) is 21.6. The van der Waals surface area contributed by atoms with Gasteiger partial charge >= 0.3 is 0 Å². The van der Waals surface area contributed by atoms with E-state index in [-0.39, 0.29) is 18.5 Å². The van der Waals surface area contributed by atoms with Crippen molar-refractivity contribution >= 4 is 34.4 Å². The Morgan fingerprint density at radius 2 is 1.97 bits per heavy atom. The van der Waals surface area contributed by atoms with E-state index in [1.807, 2.05) is 42.5 Å². The minimum atomic E-state index is -0.100. The Morgan fingerprint density at radius 3 is 2.65 bits per heavy atom. The Kier molecular flexibility index (Phi) is 6.70. The SMILES string of the molecule is COc1ccc(-c2ccc(C3=NOC(CCC(=O)c4ccc(Cl)s4)C3)cc2)c(CO)c1. The van der Waals surface area contributed by atoms with Crippen molar-refractivity contribution in [1.29, 1.82) is 0 Å². The van der Waals surface area contributed by atoms with Gasteiger partial charge in [-0.25, -0.2) is 0 Å². The first-order chi connectivity index (χ1) is 15.1. The van der Waals surface area contributed by atoms with Crippen LogP contribution >= 0.6 is 22.9 Å². The second kappa shape index (κ2) is 9.64. The van der Waals surface area contributed by atoms with Crippen LogP contribution in [0.2, 0.25) is 4.34 Å². The Balaban J connectivity index is 1.37. The van der Waals surface area contributed by atoms with Gasteiger partial charge in [-0.05, 0) is 52.9 Å². The summed E-state index contributed by atoms with van der Waals surface area (Å²) >= 11 is 7.21. The molecular formula is C24H22ClNO4S. The van der Waals surface area contributed by atoms with Crippen LogP contribution in [0.3, 0.4) is 0 Å². The van der Waals surface area contributed by atoms with Crippen LogP contribution in [-0.2, 0) is 11.4 Å². The fraction of sp³-hybridized carbons (Fsp3) is 0.250. The summed E-state index contributed by atoms with van der Waals surface area (Å²) in [5.74, 6) is 0.797. The van der Waals surface area contributed by atoms with Crippen molar-refractivity contribution in [2.45, 2.75) is 32.0 Å². The van der Waals surface area contributed by atoms with Gasteiger partial charge in [0, 0.05) is 12.8 Å². The lowest BCUT2D eigenvalue weighted by atomic mass is 9.96. The highest BCUT2D eigenvalue weighted by atomic mass is 35.5. The molecule has 0 spiro atoms. The summed E-state index contributed by atoms with van der Waals surface area (Å²) in [6.45, 7) is -0.0626. The van der Waals surface area contributed by atoms with Gasteiger partial charge in [-0.1, -0.05) is 47.1 Å². The Bertz CT molecular complexity index is 1110. The molecule has 1 atom stereocenters. The number of carbonyl (C=O) groups excluding carboxylic acids is 1. The van der Waals surface area contributed by atoms with E-state index in [9.17, 15) is 9.90 Å². The highest BCUT2D eigenvalue weighted by Gasteiger charge is 2.23. The predicted octanol–water partition coefficient (Wildman–Crippen LogP) is 5.73. The highest BCUT2D eigenvalue weighted by molar-refractivity contribution is 7.18. The molecule has 1 aliphatic heterocycles. The lowest BCUT2D eigenvalue weighted by Crippen LogP contribution is -2.11. The molecule has 0 aliphatic carbocycles. The number of halogens is 1. The number of ketones is 1. The average Bonchev–Trinajstić information content (AvgIpc) is 3.46. The van der Waals surface area contributed by atoms with Gasteiger partial charge in [-0.15, -0.1) is 11.3 Å². The first-order valence-corrected chi connectivity index (χ1v) is 11.2. The third-order valence-electron chi connectivity index (χ3n) is 5.29. The van der Waals surface area contributed by atoms with Crippen LogP contribution in [-0.4, -0.2) is 29.8 Å². The first-order valence-electron chi connectivity index (χ1n) is 9.97. The van der Waals surface area contributed by atoms with E-state index in [0.717, 1.165) is 28.0 Å². The Morgan fingerprint density at radius 1 is 1.19 bits per heavy atom. The predicted molar refractivity (Wildman–Crippen MR) is 123 cm³/mol. The number of Topliss-reactive ketones (excluding diaryl/α,β-unsaturated/α-hetero) is 1. The number of aliphatic hydroxyl groups excluding tert-OH is 1. The van der Waals surface area contributed by atoms with Crippen LogP contribution in [0.15, 0.2) is 59.8 Å². The third kappa shape index (κ3) is 4.98. The van der Waals surface area contributed by atoms with Crippen LogP contribution in [0.1, 0.15) is 40.1 Å². The smallest absolute Gasteiger partial charge is 0.172 e. The number of ether oxygens (including phenoxy) is 1. The number of hydrogen-bond donors (Lipinski definition) is 1. The monoisotopic (exact) mass is 455 g/mol. The second-order valence-corrected chi connectivity index (χ2v) is 9.01. The Hall–Kier alpha value is -2.67. The normalized spacial score (nSPS) is 15.5. The van der Waals surface area contributed by atoms with Crippen molar-refractivity contribution in [3.63, 3.8) is 0 Å². The minimum Gasteiger partial charge on any atom is -0.497 e. The van der Waals surface area contributed by atoms with Crippen molar-refractivity contribution in [3.05, 3.63) is 74.9 Å². The largest absolute Gasteiger partial charge is 0.497 e. The molecule has 0 fully saturated rings. The summed E-state index contributed by atoms with van der Waals surface area (Å²) in [4.78, 5) is 18.5. The van der Waals surface area contributed by atoms with E-state index in [1.165, 1.54) is 11.3 Å². The summed E-state index contributed by atoms with van der Waals surface area (Å²) in [5.41, 5.74) is 4.64. The topological polar surface area (TPSA) is 68.1 Å². The number of aliphatic hydroxyl groups is 1. The van der Waals surface area contributed by atoms with E-state index in [1.54, 1.807) is 19.2 Å². The van der Waals surface area contributed by atoms with Gasteiger partial charge in [0.15, 0.2) is 5.78 Å².